The van der Waals surface area contributed by atoms with Crippen molar-refractivity contribution in [3.8, 4) is 5.69 Å². The van der Waals surface area contributed by atoms with Gasteiger partial charge in [0.15, 0.2) is 11.6 Å². The van der Waals surface area contributed by atoms with Crippen LogP contribution >= 0.6 is 0 Å². The number of hydrogen-bond donors (Lipinski definition) is 0. The summed E-state index contributed by atoms with van der Waals surface area (Å²) < 4.78 is 14.1. The highest BCUT2D eigenvalue weighted by atomic mass is 19.1. The molecular formula is C16H20FN3O. The topological polar surface area (TPSA) is 47.8 Å². The Labute approximate surface area is 124 Å². The van der Waals surface area contributed by atoms with Gasteiger partial charge in [0.25, 0.3) is 0 Å². The Hall–Kier alpha value is -2.04. The Morgan fingerprint density at radius 2 is 2.00 bits per heavy atom. The number of nitrogens with zero attached hydrogens (tertiary/aromatic N) is 3. The maximum absolute atomic E-state index is 14.1. The lowest BCUT2D eigenvalue weighted by Gasteiger charge is -2.13. The van der Waals surface area contributed by atoms with Crippen LogP contribution in [0.3, 0.4) is 0 Å². The van der Waals surface area contributed by atoms with Crippen molar-refractivity contribution < 1.29 is 9.18 Å². The molecule has 0 saturated carbocycles. The molecule has 1 atom stereocenters. The fraction of sp³-hybridized carbons (Fsp3) is 0.438. The highest BCUT2D eigenvalue weighted by Crippen LogP contribution is 2.22. The molecule has 5 heteroatoms. The number of rotatable bonds is 7. The van der Waals surface area contributed by atoms with Gasteiger partial charge in [-0.25, -0.2) is 4.39 Å². The third kappa shape index (κ3) is 3.54. The average Bonchev–Trinajstić information content (AvgIpc) is 3.00. The van der Waals surface area contributed by atoms with Gasteiger partial charge in [0.2, 0.25) is 0 Å². The fourth-order valence-electron chi connectivity index (χ4n) is 2.35. The molecule has 0 aliphatic heterocycles. The molecule has 1 heterocycles. The SMILES string of the molecule is CCCCCC(C)C(=O)c1cccc(F)c1-n1nccn1. The molecule has 0 saturated heterocycles. The quantitative estimate of drug-likeness (QED) is 0.575. The molecule has 2 aromatic rings. The van der Waals surface area contributed by atoms with Gasteiger partial charge in [0.1, 0.15) is 5.69 Å². The summed E-state index contributed by atoms with van der Waals surface area (Å²) in [5.41, 5.74) is 0.477. The molecule has 1 aromatic heterocycles. The van der Waals surface area contributed by atoms with Gasteiger partial charge in [-0.1, -0.05) is 39.2 Å². The Bertz CT molecular complexity index is 596. The highest BCUT2D eigenvalue weighted by Gasteiger charge is 2.22. The molecule has 0 amide bonds. The molecule has 0 aliphatic carbocycles. The summed E-state index contributed by atoms with van der Waals surface area (Å²) in [5.74, 6) is -0.677. The van der Waals surface area contributed by atoms with Gasteiger partial charge in [-0.15, -0.1) is 4.80 Å². The Balaban J connectivity index is 2.27. The third-order valence-electron chi connectivity index (χ3n) is 3.56. The van der Waals surface area contributed by atoms with Crippen molar-refractivity contribution in [2.24, 2.45) is 5.92 Å². The minimum atomic E-state index is -0.488. The van der Waals surface area contributed by atoms with Crippen LogP contribution in [0, 0.1) is 11.7 Å². The van der Waals surface area contributed by atoms with Crippen LogP contribution in [0.2, 0.25) is 0 Å². The number of carbonyl (C=O) groups is 1. The monoisotopic (exact) mass is 289 g/mol. The van der Waals surface area contributed by atoms with Crippen molar-refractivity contribution in [2.75, 3.05) is 0 Å². The normalized spacial score (nSPS) is 12.3. The summed E-state index contributed by atoms with van der Waals surface area (Å²) in [6.07, 6.45) is 6.97. The standard InChI is InChI=1S/C16H20FN3O/c1-3-4-5-7-12(2)16(21)13-8-6-9-14(17)15(13)20-18-10-11-19-20/h6,8-12H,3-5,7H2,1-2H3. The van der Waals surface area contributed by atoms with Crippen molar-refractivity contribution >= 4 is 5.78 Å². The molecule has 1 aromatic carbocycles. The van der Waals surface area contributed by atoms with Gasteiger partial charge in [0, 0.05) is 11.5 Å². The fourth-order valence-corrected chi connectivity index (χ4v) is 2.35. The van der Waals surface area contributed by atoms with Gasteiger partial charge in [-0.2, -0.15) is 10.2 Å². The number of ketones is 1. The largest absolute Gasteiger partial charge is 0.294 e. The van der Waals surface area contributed by atoms with Crippen molar-refractivity contribution in [3.05, 3.63) is 42.0 Å². The summed E-state index contributed by atoms with van der Waals surface area (Å²) in [4.78, 5) is 13.7. The van der Waals surface area contributed by atoms with Crippen LogP contribution in [-0.2, 0) is 0 Å². The van der Waals surface area contributed by atoms with Gasteiger partial charge >= 0.3 is 0 Å². The highest BCUT2D eigenvalue weighted by molar-refractivity contribution is 6.00. The third-order valence-corrected chi connectivity index (χ3v) is 3.56. The molecule has 0 aliphatic rings. The van der Waals surface area contributed by atoms with Crippen LogP contribution < -0.4 is 0 Å². The number of unbranched alkanes of at least 4 members (excludes halogenated alkanes) is 2. The summed E-state index contributed by atoms with van der Waals surface area (Å²) in [6, 6.07) is 4.51. The molecule has 4 nitrogen and oxygen atoms in total. The molecule has 0 spiro atoms. The molecule has 0 N–H and O–H groups in total. The predicted octanol–water partition coefficient (Wildman–Crippen LogP) is 3.81. The number of benzene rings is 1. The summed E-state index contributed by atoms with van der Waals surface area (Å²) in [6.45, 7) is 4.02. The summed E-state index contributed by atoms with van der Waals surface area (Å²) in [5, 5.41) is 7.88. The summed E-state index contributed by atoms with van der Waals surface area (Å²) in [7, 11) is 0. The zero-order chi connectivity index (χ0) is 15.2. The smallest absolute Gasteiger partial charge is 0.168 e. The molecule has 0 bridgehead atoms. The van der Waals surface area contributed by atoms with E-state index in [9.17, 15) is 9.18 Å². The second-order valence-corrected chi connectivity index (χ2v) is 5.22. The number of halogens is 1. The van der Waals surface area contributed by atoms with E-state index in [1.807, 2.05) is 6.92 Å². The first-order valence-corrected chi connectivity index (χ1v) is 7.34. The van der Waals surface area contributed by atoms with E-state index in [-0.39, 0.29) is 17.4 Å². The van der Waals surface area contributed by atoms with E-state index < -0.39 is 5.82 Å². The first-order chi connectivity index (χ1) is 10.1. The van der Waals surface area contributed by atoms with E-state index in [4.69, 9.17) is 0 Å². The average molecular weight is 289 g/mol. The van der Waals surface area contributed by atoms with E-state index in [2.05, 4.69) is 17.1 Å². The Morgan fingerprint density at radius 1 is 1.29 bits per heavy atom. The van der Waals surface area contributed by atoms with Crippen LogP contribution in [0.15, 0.2) is 30.6 Å². The Morgan fingerprint density at radius 3 is 2.67 bits per heavy atom. The Kier molecular flexibility index (Phi) is 5.20. The van der Waals surface area contributed by atoms with E-state index in [1.54, 1.807) is 12.1 Å². The van der Waals surface area contributed by atoms with Gasteiger partial charge in [-0.05, 0) is 18.6 Å². The predicted molar refractivity (Wildman–Crippen MR) is 79.0 cm³/mol. The van der Waals surface area contributed by atoms with Gasteiger partial charge in [-0.3, -0.25) is 4.79 Å². The van der Waals surface area contributed by atoms with E-state index in [0.717, 1.165) is 25.7 Å². The van der Waals surface area contributed by atoms with Crippen LogP contribution in [0.4, 0.5) is 4.39 Å². The zero-order valence-corrected chi connectivity index (χ0v) is 12.4. The maximum Gasteiger partial charge on any atom is 0.168 e. The number of para-hydroxylation sites is 1. The minimum Gasteiger partial charge on any atom is -0.294 e. The minimum absolute atomic E-state index is 0.0575. The lowest BCUT2D eigenvalue weighted by Crippen LogP contribution is -2.16. The van der Waals surface area contributed by atoms with E-state index in [1.165, 1.54) is 23.3 Å². The lowest BCUT2D eigenvalue weighted by molar-refractivity contribution is 0.0921. The number of Topliss-reactive ketones (excluding diaryl/α,β-unsaturated/α-hetero) is 1. The number of hydrogen-bond acceptors (Lipinski definition) is 3. The maximum atomic E-state index is 14.1. The second-order valence-electron chi connectivity index (χ2n) is 5.22. The molecule has 0 radical (unpaired) electrons. The van der Waals surface area contributed by atoms with Crippen molar-refractivity contribution in [1.29, 1.82) is 0 Å². The molecule has 0 fully saturated rings. The van der Waals surface area contributed by atoms with Crippen LogP contribution in [-0.4, -0.2) is 20.8 Å². The molecule has 112 valence electrons. The number of carbonyl (C=O) groups excluding carboxylic acids is 1. The van der Waals surface area contributed by atoms with Crippen molar-refractivity contribution in [3.63, 3.8) is 0 Å². The summed E-state index contributed by atoms with van der Waals surface area (Å²) >= 11 is 0. The van der Waals surface area contributed by atoms with E-state index in [0.29, 0.717) is 5.56 Å². The first kappa shape index (κ1) is 15.4. The second kappa shape index (κ2) is 7.11. The van der Waals surface area contributed by atoms with Crippen LogP contribution in [0.5, 0.6) is 0 Å². The first-order valence-electron chi connectivity index (χ1n) is 7.34. The molecule has 2 rings (SSSR count). The van der Waals surface area contributed by atoms with Gasteiger partial charge < -0.3 is 0 Å². The molecule has 1 unspecified atom stereocenters. The molecular weight excluding hydrogens is 269 g/mol. The van der Waals surface area contributed by atoms with Crippen molar-refractivity contribution in [2.45, 2.75) is 39.5 Å². The number of aromatic nitrogens is 3. The molecule has 21 heavy (non-hydrogen) atoms. The van der Waals surface area contributed by atoms with Crippen LogP contribution in [0.25, 0.3) is 5.69 Å². The van der Waals surface area contributed by atoms with Gasteiger partial charge in [0.05, 0.1) is 12.4 Å². The van der Waals surface area contributed by atoms with E-state index >= 15 is 0 Å². The lowest BCUT2D eigenvalue weighted by atomic mass is 9.93. The zero-order valence-electron chi connectivity index (χ0n) is 12.4. The van der Waals surface area contributed by atoms with Crippen molar-refractivity contribution in [1.82, 2.24) is 15.0 Å². The van der Waals surface area contributed by atoms with Crippen LogP contribution in [0.1, 0.15) is 49.9 Å².